The monoisotopic (exact) mass is 168 g/mol. The Bertz CT molecular complexity index is 93.1. The third-order valence-corrected chi connectivity index (χ3v) is 1.97. The molecule has 0 fully saturated rings. The summed E-state index contributed by atoms with van der Waals surface area (Å²) < 4.78 is 0. The maximum absolute atomic E-state index is 9.01. The van der Waals surface area contributed by atoms with E-state index < -0.39 is 10.9 Å². The zero-order chi connectivity index (χ0) is 7.44. The first-order valence-electron chi connectivity index (χ1n) is 2.68. The van der Waals surface area contributed by atoms with Gasteiger partial charge < -0.3 is 5.11 Å². The Morgan fingerprint density at radius 3 is 2.11 bits per heavy atom. The van der Waals surface area contributed by atoms with Crippen LogP contribution in [0, 0.1) is 5.92 Å². The molecule has 0 amide bonds. The molecule has 0 radical (unpaired) electrons. The Balaban J connectivity index is 3.71. The van der Waals surface area contributed by atoms with E-state index >= 15 is 0 Å². The summed E-state index contributed by atoms with van der Waals surface area (Å²) in [5.41, 5.74) is 0. The average Bonchev–Trinajstić information content (AvgIpc) is 1.84. The summed E-state index contributed by atoms with van der Waals surface area (Å²) >= 11 is 10.9. The van der Waals surface area contributed by atoms with Crippen molar-refractivity contribution in [2.24, 2.45) is 5.92 Å². The lowest BCUT2D eigenvalue weighted by atomic mass is 10.1. The molecule has 0 saturated heterocycles. The summed E-state index contributed by atoms with van der Waals surface area (Å²) in [6.07, 6.45) is 0.813. The third-order valence-electron chi connectivity index (χ3n) is 1.18. The van der Waals surface area contributed by atoms with Gasteiger partial charge in [-0.05, 0) is 0 Å². The van der Waals surface area contributed by atoms with E-state index in [-0.39, 0.29) is 5.92 Å². The molecule has 0 saturated carbocycles. The topological polar surface area (TPSA) is 20.2 Å². The van der Waals surface area contributed by atoms with Crippen LogP contribution in [0.5, 0.6) is 0 Å². The van der Waals surface area contributed by atoms with E-state index in [2.05, 4.69) is 6.58 Å². The Labute approximate surface area is 65.3 Å². The molecule has 0 bridgehead atoms. The fraction of sp³-hybridized carbons (Fsp3) is 0.667. The summed E-state index contributed by atoms with van der Waals surface area (Å²) in [6, 6.07) is 0. The van der Waals surface area contributed by atoms with Gasteiger partial charge >= 0.3 is 0 Å². The number of aliphatic hydroxyl groups excluding tert-OH is 1. The molecule has 0 rings (SSSR count). The molecule has 0 aromatic carbocycles. The molecule has 0 aliphatic rings. The second-order valence-electron chi connectivity index (χ2n) is 1.92. The summed E-state index contributed by atoms with van der Waals surface area (Å²) in [5.74, 6) is -0.147. The molecule has 0 aromatic rings. The molecule has 54 valence electrons. The molecule has 0 spiro atoms. The molecule has 0 aromatic heterocycles. The van der Waals surface area contributed by atoms with Gasteiger partial charge in [-0.25, -0.2) is 0 Å². The van der Waals surface area contributed by atoms with Gasteiger partial charge in [0.15, 0.2) is 0 Å². The highest BCUT2D eigenvalue weighted by Gasteiger charge is 2.17. The van der Waals surface area contributed by atoms with Crippen LogP contribution in [0.3, 0.4) is 0 Å². The van der Waals surface area contributed by atoms with Crippen molar-refractivity contribution in [1.29, 1.82) is 0 Å². The van der Waals surface area contributed by atoms with Crippen molar-refractivity contribution < 1.29 is 5.11 Å². The first kappa shape index (κ1) is 9.28. The van der Waals surface area contributed by atoms with Gasteiger partial charge in [0, 0.05) is 5.92 Å². The fourth-order valence-corrected chi connectivity index (χ4v) is 0.662. The number of hydrogen-bond acceptors (Lipinski definition) is 1. The van der Waals surface area contributed by atoms with E-state index in [0.717, 1.165) is 0 Å². The molecule has 0 aliphatic heterocycles. The van der Waals surface area contributed by atoms with E-state index in [1.807, 2.05) is 0 Å². The molecular formula is C6H10Cl2O. The number of aliphatic hydroxyl groups is 1. The molecule has 1 nitrogen and oxygen atoms in total. The van der Waals surface area contributed by atoms with Crippen molar-refractivity contribution in [3.8, 4) is 0 Å². The molecule has 0 heterocycles. The number of alkyl halides is 2. The van der Waals surface area contributed by atoms with Crippen LogP contribution in [0.4, 0.5) is 0 Å². The van der Waals surface area contributed by atoms with Gasteiger partial charge in [-0.15, -0.1) is 29.8 Å². The zero-order valence-electron chi connectivity index (χ0n) is 5.22. The minimum Gasteiger partial charge on any atom is -0.389 e. The van der Waals surface area contributed by atoms with Crippen molar-refractivity contribution in [3.05, 3.63) is 12.7 Å². The summed E-state index contributed by atoms with van der Waals surface area (Å²) in [7, 11) is 0. The highest BCUT2D eigenvalue weighted by Crippen LogP contribution is 2.18. The van der Waals surface area contributed by atoms with E-state index in [0.29, 0.717) is 0 Å². The van der Waals surface area contributed by atoms with Gasteiger partial charge in [0.2, 0.25) is 0 Å². The van der Waals surface area contributed by atoms with Crippen LogP contribution in [0.25, 0.3) is 0 Å². The molecule has 3 heteroatoms. The number of rotatable bonds is 3. The molecule has 0 aliphatic carbocycles. The molecule has 2 atom stereocenters. The highest BCUT2D eigenvalue weighted by atomic mass is 35.5. The molecule has 1 N–H and O–H groups in total. The van der Waals surface area contributed by atoms with Crippen molar-refractivity contribution in [2.45, 2.75) is 17.9 Å². The first-order chi connectivity index (χ1) is 4.09. The van der Waals surface area contributed by atoms with Gasteiger partial charge in [0.05, 0.1) is 6.10 Å². The van der Waals surface area contributed by atoms with Gasteiger partial charge in [-0.1, -0.05) is 13.0 Å². The maximum Gasteiger partial charge on any atom is 0.113 e. The van der Waals surface area contributed by atoms with E-state index in [4.69, 9.17) is 28.3 Å². The first-order valence-corrected chi connectivity index (χ1v) is 3.55. The second-order valence-corrected chi connectivity index (χ2v) is 3.08. The molecule has 2 unspecified atom stereocenters. The standard InChI is InChI=1S/C6H10Cl2O/c1-3-5(9)4(2)6(7)8/h3-6,9H,1H2,2H3. The minimum absolute atomic E-state index is 0.147. The van der Waals surface area contributed by atoms with Gasteiger partial charge in [0.1, 0.15) is 4.84 Å². The van der Waals surface area contributed by atoms with Crippen LogP contribution in [0.2, 0.25) is 0 Å². The van der Waals surface area contributed by atoms with Gasteiger partial charge in [-0.3, -0.25) is 0 Å². The van der Waals surface area contributed by atoms with Crippen LogP contribution in [-0.4, -0.2) is 16.0 Å². The van der Waals surface area contributed by atoms with Crippen LogP contribution in [0.1, 0.15) is 6.92 Å². The van der Waals surface area contributed by atoms with Crippen molar-refractivity contribution in [2.75, 3.05) is 0 Å². The van der Waals surface area contributed by atoms with E-state index in [9.17, 15) is 0 Å². The van der Waals surface area contributed by atoms with E-state index in [1.54, 1.807) is 6.92 Å². The molecular weight excluding hydrogens is 159 g/mol. The van der Waals surface area contributed by atoms with Crippen molar-refractivity contribution >= 4 is 23.2 Å². The summed E-state index contributed by atoms with van der Waals surface area (Å²) in [4.78, 5) is -0.530. The van der Waals surface area contributed by atoms with Gasteiger partial charge in [0.25, 0.3) is 0 Å². The van der Waals surface area contributed by atoms with Crippen molar-refractivity contribution in [1.82, 2.24) is 0 Å². The zero-order valence-corrected chi connectivity index (χ0v) is 6.73. The van der Waals surface area contributed by atoms with Crippen molar-refractivity contribution in [3.63, 3.8) is 0 Å². The van der Waals surface area contributed by atoms with Crippen LogP contribution in [-0.2, 0) is 0 Å². The fourth-order valence-electron chi connectivity index (χ4n) is 0.364. The van der Waals surface area contributed by atoms with E-state index in [1.165, 1.54) is 6.08 Å². The summed E-state index contributed by atoms with van der Waals surface area (Å²) in [5, 5.41) is 9.01. The largest absolute Gasteiger partial charge is 0.389 e. The predicted octanol–water partition coefficient (Wildman–Crippen LogP) is 1.97. The average molecular weight is 169 g/mol. The number of hydrogen-bond donors (Lipinski definition) is 1. The Hall–Kier alpha value is 0.280. The minimum atomic E-state index is -0.606. The lowest BCUT2D eigenvalue weighted by molar-refractivity contribution is 0.169. The normalized spacial score (nSPS) is 17.4. The predicted molar refractivity (Wildman–Crippen MR) is 40.9 cm³/mol. The third kappa shape index (κ3) is 3.09. The Kier molecular flexibility index (Phi) is 4.28. The second kappa shape index (κ2) is 4.15. The van der Waals surface area contributed by atoms with Crippen LogP contribution in [0.15, 0.2) is 12.7 Å². The van der Waals surface area contributed by atoms with Gasteiger partial charge in [-0.2, -0.15) is 0 Å². The lowest BCUT2D eigenvalue weighted by Crippen LogP contribution is -2.20. The smallest absolute Gasteiger partial charge is 0.113 e. The molecule has 9 heavy (non-hydrogen) atoms. The van der Waals surface area contributed by atoms with Crippen LogP contribution < -0.4 is 0 Å². The lowest BCUT2D eigenvalue weighted by Gasteiger charge is -2.14. The summed E-state index contributed by atoms with van der Waals surface area (Å²) in [6.45, 7) is 5.16. The Morgan fingerprint density at radius 2 is 2.00 bits per heavy atom. The highest BCUT2D eigenvalue weighted by molar-refractivity contribution is 6.44. The Morgan fingerprint density at radius 1 is 1.56 bits per heavy atom. The quantitative estimate of drug-likeness (QED) is 0.505. The SMILES string of the molecule is C=CC(O)C(C)C(Cl)Cl. The number of halogens is 2. The maximum atomic E-state index is 9.01. The van der Waals surface area contributed by atoms with Crippen LogP contribution >= 0.6 is 23.2 Å².